The second kappa shape index (κ2) is 6.73. The molecule has 0 aliphatic heterocycles. The fraction of sp³-hybridized carbons (Fsp3) is 0.182. The van der Waals surface area contributed by atoms with Gasteiger partial charge in [0.2, 0.25) is 5.91 Å². The second-order valence-corrected chi connectivity index (χ2v) is 3.80. The summed E-state index contributed by atoms with van der Waals surface area (Å²) < 4.78 is 0. The summed E-state index contributed by atoms with van der Waals surface area (Å²) in [6, 6.07) is 4.08. The Bertz CT molecular complexity index is 477. The van der Waals surface area contributed by atoms with E-state index in [1.54, 1.807) is 6.08 Å². The van der Waals surface area contributed by atoms with E-state index in [2.05, 4.69) is 17.2 Å². The minimum Gasteiger partial charge on any atom is -0.325 e. The third kappa shape index (κ3) is 4.15. The smallest absolute Gasteiger partial charge is 0.289 e. The number of hydrogen-bond donors (Lipinski definition) is 2. The Morgan fingerprint density at radius 1 is 1.56 bits per heavy atom. The van der Waals surface area contributed by atoms with Crippen LogP contribution in [0.3, 0.4) is 0 Å². The molecule has 0 spiro atoms. The monoisotopic (exact) mass is 269 g/mol. The zero-order chi connectivity index (χ0) is 13.5. The maximum atomic E-state index is 11.4. The zero-order valence-corrected chi connectivity index (χ0v) is 10.2. The first-order valence-electron chi connectivity index (χ1n) is 5.10. The summed E-state index contributed by atoms with van der Waals surface area (Å²) in [5.41, 5.74) is 0.0880. The molecule has 1 amide bonds. The molecule has 1 aromatic carbocycles. The Morgan fingerprint density at radius 2 is 2.28 bits per heavy atom. The minimum absolute atomic E-state index is 0.0304. The second-order valence-electron chi connectivity index (χ2n) is 3.39. The van der Waals surface area contributed by atoms with Crippen LogP contribution in [0, 0.1) is 10.1 Å². The number of anilines is 1. The Hall–Kier alpha value is -1.92. The fourth-order valence-electron chi connectivity index (χ4n) is 1.22. The van der Waals surface area contributed by atoms with Gasteiger partial charge in [0, 0.05) is 18.3 Å². The van der Waals surface area contributed by atoms with Gasteiger partial charge in [0.25, 0.3) is 5.69 Å². The average molecular weight is 270 g/mol. The van der Waals surface area contributed by atoms with Crippen LogP contribution in [-0.2, 0) is 4.79 Å². The van der Waals surface area contributed by atoms with Gasteiger partial charge in [-0.3, -0.25) is 14.9 Å². The first kappa shape index (κ1) is 14.1. The molecule has 96 valence electrons. The van der Waals surface area contributed by atoms with Gasteiger partial charge in [-0.25, -0.2) is 0 Å². The van der Waals surface area contributed by atoms with Crippen molar-refractivity contribution in [3.8, 4) is 0 Å². The third-order valence-electron chi connectivity index (χ3n) is 2.00. The molecule has 0 radical (unpaired) electrons. The number of benzene rings is 1. The van der Waals surface area contributed by atoms with Crippen LogP contribution in [0.15, 0.2) is 30.9 Å². The largest absolute Gasteiger partial charge is 0.325 e. The van der Waals surface area contributed by atoms with Crippen LogP contribution in [0.4, 0.5) is 11.4 Å². The number of nitro groups is 1. The number of hydrogen-bond acceptors (Lipinski definition) is 4. The van der Waals surface area contributed by atoms with Crippen LogP contribution < -0.4 is 10.6 Å². The lowest BCUT2D eigenvalue weighted by Gasteiger charge is -2.05. The number of nitrogens with one attached hydrogen (secondary N) is 2. The van der Waals surface area contributed by atoms with Crippen molar-refractivity contribution in [2.45, 2.75) is 0 Å². The highest BCUT2D eigenvalue weighted by molar-refractivity contribution is 6.32. The van der Waals surface area contributed by atoms with Crippen LogP contribution in [0.25, 0.3) is 0 Å². The summed E-state index contributed by atoms with van der Waals surface area (Å²) in [7, 11) is 0. The van der Waals surface area contributed by atoms with Crippen molar-refractivity contribution in [1.82, 2.24) is 5.32 Å². The summed E-state index contributed by atoms with van der Waals surface area (Å²) in [5, 5.41) is 16.0. The van der Waals surface area contributed by atoms with E-state index in [0.29, 0.717) is 12.2 Å². The normalized spacial score (nSPS) is 9.83. The molecule has 0 aliphatic rings. The van der Waals surface area contributed by atoms with E-state index in [1.807, 2.05) is 0 Å². The standard InChI is InChI=1S/C11H12ClN3O3/c1-2-5-13-7-11(16)14-8-3-4-9(12)10(6-8)15(17)18/h2-4,6,13H,1,5,7H2,(H,14,16). The topological polar surface area (TPSA) is 84.3 Å². The SMILES string of the molecule is C=CCNCC(=O)Nc1ccc(Cl)c([N+](=O)[O-])c1. The van der Waals surface area contributed by atoms with Crippen molar-refractivity contribution in [2.75, 3.05) is 18.4 Å². The van der Waals surface area contributed by atoms with Crippen molar-refractivity contribution < 1.29 is 9.72 Å². The molecule has 0 fully saturated rings. The van der Waals surface area contributed by atoms with Crippen LogP contribution in [-0.4, -0.2) is 23.9 Å². The first-order chi connectivity index (χ1) is 8.54. The van der Waals surface area contributed by atoms with E-state index in [1.165, 1.54) is 18.2 Å². The van der Waals surface area contributed by atoms with Gasteiger partial charge in [0.1, 0.15) is 5.02 Å². The Morgan fingerprint density at radius 3 is 2.89 bits per heavy atom. The number of nitro benzene ring substituents is 1. The summed E-state index contributed by atoms with van der Waals surface area (Å²) in [4.78, 5) is 21.5. The Balaban J connectivity index is 2.67. The molecule has 0 heterocycles. The maximum absolute atomic E-state index is 11.4. The summed E-state index contributed by atoms with van der Waals surface area (Å²) in [6.07, 6.45) is 1.63. The van der Waals surface area contributed by atoms with Crippen LogP contribution in [0.2, 0.25) is 5.02 Å². The number of carbonyl (C=O) groups excluding carboxylic acids is 1. The molecule has 1 rings (SSSR count). The molecule has 7 heteroatoms. The maximum Gasteiger partial charge on any atom is 0.289 e. The molecule has 0 aromatic heterocycles. The molecule has 0 atom stereocenters. The molecular weight excluding hydrogens is 258 g/mol. The third-order valence-corrected chi connectivity index (χ3v) is 2.32. The van der Waals surface area contributed by atoms with Gasteiger partial charge in [0.05, 0.1) is 11.5 Å². The zero-order valence-electron chi connectivity index (χ0n) is 9.48. The van der Waals surface area contributed by atoms with Gasteiger partial charge in [-0.15, -0.1) is 6.58 Å². The van der Waals surface area contributed by atoms with E-state index in [-0.39, 0.29) is 23.2 Å². The van der Waals surface area contributed by atoms with E-state index >= 15 is 0 Å². The highest BCUT2D eigenvalue weighted by Gasteiger charge is 2.13. The van der Waals surface area contributed by atoms with Gasteiger partial charge in [-0.2, -0.15) is 0 Å². The van der Waals surface area contributed by atoms with E-state index in [4.69, 9.17) is 11.6 Å². The number of amides is 1. The van der Waals surface area contributed by atoms with Gasteiger partial charge >= 0.3 is 0 Å². The predicted octanol–water partition coefficient (Wildman–Crippen LogP) is 1.96. The molecule has 18 heavy (non-hydrogen) atoms. The van der Waals surface area contributed by atoms with E-state index in [9.17, 15) is 14.9 Å². The van der Waals surface area contributed by atoms with Crippen molar-refractivity contribution in [2.24, 2.45) is 0 Å². The summed E-state index contributed by atoms with van der Waals surface area (Å²) >= 11 is 5.65. The fourth-order valence-corrected chi connectivity index (χ4v) is 1.41. The van der Waals surface area contributed by atoms with Gasteiger partial charge < -0.3 is 10.6 Å². The van der Waals surface area contributed by atoms with Gasteiger partial charge in [-0.1, -0.05) is 17.7 Å². The molecule has 0 saturated heterocycles. The van der Waals surface area contributed by atoms with E-state index in [0.717, 1.165) is 0 Å². The van der Waals surface area contributed by atoms with Crippen molar-refractivity contribution in [3.05, 3.63) is 46.0 Å². The summed E-state index contributed by atoms with van der Waals surface area (Å²) in [5.74, 6) is -0.298. The number of rotatable bonds is 6. The van der Waals surface area contributed by atoms with E-state index < -0.39 is 4.92 Å². The average Bonchev–Trinajstić information content (AvgIpc) is 2.31. The quantitative estimate of drug-likeness (QED) is 0.358. The lowest BCUT2D eigenvalue weighted by Crippen LogP contribution is -2.28. The highest BCUT2D eigenvalue weighted by Crippen LogP contribution is 2.27. The lowest BCUT2D eigenvalue weighted by molar-refractivity contribution is -0.384. The van der Waals surface area contributed by atoms with Crippen molar-refractivity contribution >= 4 is 28.9 Å². The molecule has 6 nitrogen and oxygen atoms in total. The molecule has 0 unspecified atom stereocenters. The predicted molar refractivity (Wildman–Crippen MR) is 69.8 cm³/mol. The Kier molecular flexibility index (Phi) is 5.29. The number of nitrogens with zero attached hydrogens (tertiary/aromatic N) is 1. The van der Waals surface area contributed by atoms with Crippen LogP contribution in [0.5, 0.6) is 0 Å². The molecule has 0 aliphatic carbocycles. The van der Waals surface area contributed by atoms with Crippen LogP contribution >= 0.6 is 11.6 Å². The number of halogens is 1. The molecular formula is C11H12ClN3O3. The molecule has 1 aromatic rings. The van der Waals surface area contributed by atoms with Crippen molar-refractivity contribution in [1.29, 1.82) is 0 Å². The minimum atomic E-state index is -0.603. The number of carbonyl (C=O) groups is 1. The highest BCUT2D eigenvalue weighted by atomic mass is 35.5. The van der Waals surface area contributed by atoms with Gasteiger partial charge in [-0.05, 0) is 12.1 Å². The molecule has 0 bridgehead atoms. The van der Waals surface area contributed by atoms with Crippen molar-refractivity contribution in [3.63, 3.8) is 0 Å². The molecule has 0 saturated carbocycles. The first-order valence-corrected chi connectivity index (χ1v) is 5.48. The van der Waals surface area contributed by atoms with Crippen LogP contribution in [0.1, 0.15) is 0 Å². The van der Waals surface area contributed by atoms with Gasteiger partial charge in [0.15, 0.2) is 0 Å². The molecule has 2 N–H and O–H groups in total. The Labute approximate surface area is 109 Å². The lowest BCUT2D eigenvalue weighted by atomic mass is 10.3. The summed E-state index contributed by atoms with van der Waals surface area (Å²) in [6.45, 7) is 4.11.